The number of esters is 2. The first kappa shape index (κ1) is 24.4. The number of nitrogens with one attached hydrogen (secondary N) is 1. The summed E-state index contributed by atoms with van der Waals surface area (Å²) in [5.41, 5.74) is 2.72. The van der Waals surface area contributed by atoms with Crippen LogP contribution in [0, 0.1) is 12.8 Å². The fraction of sp³-hybridized carbons (Fsp3) is 0.333. The highest BCUT2D eigenvalue weighted by molar-refractivity contribution is 6.11. The number of allylic oxidation sites excluding steroid dienone is 2. The lowest BCUT2D eigenvalue weighted by Gasteiger charge is -2.27. The Bertz CT molecular complexity index is 1400. The fourth-order valence-electron chi connectivity index (χ4n) is 5.45. The number of benzene rings is 1. The van der Waals surface area contributed by atoms with Crippen LogP contribution in [0.2, 0.25) is 0 Å². The van der Waals surface area contributed by atoms with Gasteiger partial charge in [-0.1, -0.05) is 6.07 Å². The van der Waals surface area contributed by atoms with Crippen LogP contribution in [0.15, 0.2) is 36.0 Å². The minimum atomic E-state index is -0.546. The molecule has 1 N–H and O–H groups in total. The third kappa shape index (κ3) is 3.80. The predicted octanol–water partition coefficient (Wildman–Crippen LogP) is 2.56. The number of hydrogen-bond donors (Lipinski definition) is 1. The van der Waals surface area contributed by atoms with E-state index in [1.54, 1.807) is 36.1 Å². The summed E-state index contributed by atoms with van der Waals surface area (Å²) in [6.07, 6.45) is 5.31. The molecule has 5 rings (SSSR count). The quantitative estimate of drug-likeness (QED) is 0.449. The Hall–Kier alpha value is -4.34. The second-order valence-corrected chi connectivity index (χ2v) is 9.19. The third-order valence-electron chi connectivity index (χ3n) is 7.24. The number of rotatable bonds is 7. The summed E-state index contributed by atoms with van der Waals surface area (Å²) in [5.74, 6) is -0.723. The van der Waals surface area contributed by atoms with Crippen molar-refractivity contribution in [3.8, 4) is 11.5 Å². The van der Waals surface area contributed by atoms with Gasteiger partial charge in [-0.3, -0.25) is 9.59 Å². The highest BCUT2D eigenvalue weighted by Crippen LogP contribution is 2.67. The Morgan fingerprint density at radius 2 is 1.95 bits per heavy atom. The summed E-state index contributed by atoms with van der Waals surface area (Å²) in [7, 11) is 4.06. The molecule has 0 unspecified atom stereocenters. The lowest BCUT2D eigenvalue weighted by Crippen LogP contribution is -2.33. The van der Waals surface area contributed by atoms with Crippen molar-refractivity contribution in [3.63, 3.8) is 0 Å². The molecule has 0 bridgehead atoms. The molecule has 1 aromatic carbocycles. The van der Waals surface area contributed by atoms with E-state index >= 15 is 0 Å². The third-order valence-corrected chi connectivity index (χ3v) is 7.24. The average molecular weight is 507 g/mol. The maximum absolute atomic E-state index is 13.3. The van der Waals surface area contributed by atoms with Crippen molar-refractivity contribution in [3.05, 3.63) is 64.1 Å². The van der Waals surface area contributed by atoms with Crippen LogP contribution in [0.4, 0.5) is 0 Å². The highest BCUT2D eigenvalue weighted by Gasteiger charge is 2.68. The van der Waals surface area contributed by atoms with E-state index in [0.29, 0.717) is 51.8 Å². The zero-order valence-electron chi connectivity index (χ0n) is 20.9. The molecule has 0 radical (unpaired) electrons. The van der Waals surface area contributed by atoms with Crippen LogP contribution in [0.25, 0.3) is 6.08 Å². The molecule has 10 heteroatoms. The van der Waals surface area contributed by atoms with E-state index in [9.17, 15) is 19.2 Å². The fourth-order valence-corrected chi connectivity index (χ4v) is 5.45. The maximum atomic E-state index is 13.3. The van der Waals surface area contributed by atoms with E-state index in [2.05, 4.69) is 9.72 Å². The Balaban J connectivity index is 1.40. The maximum Gasteiger partial charge on any atom is 0.343 e. The van der Waals surface area contributed by atoms with E-state index in [1.807, 2.05) is 0 Å². The number of hydrogen-bond acceptors (Lipinski definition) is 8. The van der Waals surface area contributed by atoms with Crippen LogP contribution in [0.3, 0.4) is 0 Å². The van der Waals surface area contributed by atoms with Crippen molar-refractivity contribution in [2.24, 2.45) is 5.92 Å². The van der Waals surface area contributed by atoms with Crippen LogP contribution in [-0.2, 0) is 24.5 Å². The molecule has 2 heterocycles. The van der Waals surface area contributed by atoms with Crippen molar-refractivity contribution in [2.75, 3.05) is 34.5 Å². The van der Waals surface area contributed by atoms with Gasteiger partial charge in [0.1, 0.15) is 0 Å². The van der Waals surface area contributed by atoms with Gasteiger partial charge in [0, 0.05) is 41.1 Å². The first-order valence-corrected chi connectivity index (χ1v) is 11.7. The van der Waals surface area contributed by atoms with Gasteiger partial charge in [0.15, 0.2) is 18.1 Å². The molecule has 1 aromatic heterocycles. The Morgan fingerprint density at radius 1 is 1.16 bits per heavy atom. The van der Waals surface area contributed by atoms with E-state index in [-0.39, 0.29) is 24.2 Å². The van der Waals surface area contributed by atoms with E-state index in [1.165, 1.54) is 33.5 Å². The number of piperidine rings is 1. The van der Waals surface area contributed by atoms with Gasteiger partial charge in [0.05, 0.1) is 32.6 Å². The Labute approximate surface area is 212 Å². The van der Waals surface area contributed by atoms with Crippen LogP contribution < -0.4 is 9.47 Å². The highest BCUT2D eigenvalue weighted by atomic mass is 16.6. The number of ether oxygens (including phenoxy) is 4. The monoisotopic (exact) mass is 506 g/mol. The number of H-pyrrole nitrogens is 1. The van der Waals surface area contributed by atoms with Crippen LogP contribution >= 0.6 is 0 Å². The SMILES string of the molecule is COC(=O)COc1cc(/C=C/C(=O)N2C[C@H]3C[C@@]34C2=CC(=O)c2[nH]c(C)c(C(=O)OC)c24)ccc1OC. The van der Waals surface area contributed by atoms with E-state index in [0.717, 1.165) is 6.42 Å². The lowest BCUT2D eigenvalue weighted by molar-refractivity contribution is -0.143. The molecule has 192 valence electrons. The normalized spacial score (nSPS) is 21.1. The summed E-state index contributed by atoms with van der Waals surface area (Å²) in [4.78, 5) is 54.9. The number of carbonyl (C=O) groups is 4. The summed E-state index contributed by atoms with van der Waals surface area (Å²) in [6, 6.07) is 5.07. The molecule has 3 aliphatic rings. The van der Waals surface area contributed by atoms with Crippen molar-refractivity contribution in [2.45, 2.75) is 18.8 Å². The number of aromatic amines is 1. The van der Waals surface area contributed by atoms with E-state index in [4.69, 9.17) is 14.2 Å². The number of aromatic nitrogens is 1. The Kier molecular flexibility index (Phi) is 5.89. The smallest absolute Gasteiger partial charge is 0.343 e. The number of fused-ring (bicyclic) bond motifs is 1. The van der Waals surface area contributed by atoms with Crippen LogP contribution in [0.1, 0.15) is 44.1 Å². The van der Waals surface area contributed by atoms with Gasteiger partial charge in [-0.15, -0.1) is 0 Å². The minimum absolute atomic E-state index is 0.112. The number of amides is 1. The summed E-state index contributed by atoms with van der Waals surface area (Å²) < 4.78 is 20.3. The first-order valence-electron chi connectivity index (χ1n) is 11.7. The van der Waals surface area contributed by atoms with Crippen molar-refractivity contribution in [1.82, 2.24) is 9.88 Å². The number of methoxy groups -OCH3 is 3. The van der Waals surface area contributed by atoms with Crippen molar-refractivity contribution >= 4 is 29.7 Å². The van der Waals surface area contributed by atoms with Crippen molar-refractivity contribution in [1.29, 1.82) is 0 Å². The summed E-state index contributed by atoms with van der Waals surface area (Å²) in [6.45, 7) is 1.90. The van der Waals surface area contributed by atoms with Gasteiger partial charge in [0.25, 0.3) is 5.91 Å². The molecule has 1 saturated heterocycles. The largest absolute Gasteiger partial charge is 0.493 e. The number of nitrogens with zero attached hydrogens (tertiary/aromatic N) is 1. The molecule has 2 fully saturated rings. The van der Waals surface area contributed by atoms with Gasteiger partial charge in [-0.05, 0) is 43.0 Å². The zero-order valence-corrected chi connectivity index (χ0v) is 20.9. The Morgan fingerprint density at radius 3 is 2.65 bits per heavy atom. The number of carbonyl (C=O) groups excluding carboxylic acids is 4. The standard InChI is InChI=1S/C27H26N2O8/c1-14-23(26(33)36-4)24-25(28-14)17(30)10-20-27(24)11-16(27)12-29(20)21(31)8-6-15-5-7-18(34-2)19(9-15)37-13-22(32)35-3/h5-10,16,28H,11-13H2,1-4H3/b8-6+/t16-,27+/m1/s1. The molecule has 2 aliphatic carbocycles. The number of likely N-dealkylation sites (tertiary alicyclic amines) is 1. The van der Waals surface area contributed by atoms with Crippen molar-refractivity contribution < 1.29 is 38.1 Å². The molecule has 1 aliphatic heterocycles. The van der Waals surface area contributed by atoms with Gasteiger partial charge < -0.3 is 28.8 Å². The lowest BCUT2D eigenvalue weighted by atomic mass is 9.82. The molecular formula is C27H26N2O8. The minimum Gasteiger partial charge on any atom is -0.493 e. The summed E-state index contributed by atoms with van der Waals surface area (Å²) >= 11 is 0. The number of aryl methyl sites for hydroxylation is 1. The number of ketones is 1. The molecule has 1 spiro atoms. The van der Waals surface area contributed by atoms with Gasteiger partial charge in [-0.2, -0.15) is 0 Å². The van der Waals surface area contributed by atoms with Gasteiger partial charge >= 0.3 is 11.9 Å². The molecule has 2 atom stereocenters. The summed E-state index contributed by atoms with van der Waals surface area (Å²) in [5, 5.41) is 0. The average Bonchev–Trinajstić information content (AvgIpc) is 3.35. The predicted molar refractivity (Wildman–Crippen MR) is 130 cm³/mol. The molecule has 2 aromatic rings. The second-order valence-electron chi connectivity index (χ2n) is 9.19. The van der Waals surface area contributed by atoms with Crippen LogP contribution in [0.5, 0.6) is 11.5 Å². The molecular weight excluding hydrogens is 480 g/mol. The van der Waals surface area contributed by atoms with Gasteiger partial charge in [-0.25, -0.2) is 9.59 Å². The van der Waals surface area contributed by atoms with Crippen LogP contribution in [-0.4, -0.2) is 68.0 Å². The van der Waals surface area contributed by atoms with E-state index < -0.39 is 17.4 Å². The zero-order chi connectivity index (χ0) is 26.5. The first-order chi connectivity index (χ1) is 17.7. The second kappa shape index (κ2) is 8.95. The molecule has 37 heavy (non-hydrogen) atoms. The molecule has 1 saturated carbocycles. The topological polar surface area (TPSA) is 124 Å². The van der Waals surface area contributed by atoms with Gasteiger partial charge in [0.2, 0.25) is 5.78 Å². The molecule has 10 nitrogen and oxygen atoms in total. The molecule has 1 amide bonds.